The lowest BCUT2D eigenvalue weighted by molar-refractivity contribution is -0.0217. The van der Waals surface area contributed by atoms with Crippen LogP contribution in [0.3, 0.4) is 0 Å². The minimum Gasteiger partial charge on any atom is -0.394 e. The van der Waals surface area contributed by atoms with Gasteiger partial charge in [0.2, 0.25) is 0 Å². The van der Waals surface area contributed by atoms with Crippen LogP contribution in [-0.4, -0.2) is 134 Å². The first kappa shape index (κ1) is 37.2. The van der Waals surface area contributed by atoms with E-state index >= 15 is 0 Å². The van der Waals surface area contributed by atoms with Crippen molar-refractivity contribution in [1.29, 1.82) is 0 Å². The molecule has 0 aliphatic rings. The second-order valence-electron chi connectivity index (χ2n) is 10.3. The fraction of sp³-hybridized carbons (Fsp3) is 0.515. The van der Waals surface area contributed by atoms with Gasteiger partial charge in [0.1, 0.15) is 11.5 Å². The summed E-state index contributed by atoms with van der Waals surface area (Å²) in [5.41, 5.74) is 3.93. The number of halogens is 1. The van der Waals surface area contributed by atoms with Gasteiger partial charge in [-0.15, -0.1) is 5.10 Å². The number of aliphatic hydroxyl groups excluding tert-OH is 1. The van der Waals surface area contributed by atoms with Gasteiger partial charge in [-0.25, -0.2) is 14.1 Å². The summed E-state index contributed by atoms with van der Waals surface area (Å²) < 4.78 is 55.4. The molecule has 0 atom stereocenters. The van der Waals surface area contributed by atoms with E-state index in [9.17, 15) is 4.39 Å². The summed E-state index contributed by atoms with van der Waals surface area (Å²) in [6, 6.07) is 10.1. The molecule has 15 heteroatoms. The molecule has 1 aromatic carbocycles. The van der Waals surface area contributed by atoms with Crippen LogP contribution in [0.2, 0.25) is 0 Å². The van der Waals surface area contributed by atoms with Crippen molar-refractivity contribution in [2.75, 3.05) is 99.1 Å². The average Bonchev–Trinajstić information content (AvgIpc) is 3.71. The summed E-state index contributed by atoms with van der Waals surface area (Å²) >= 11 is 0. The third-order valence-corrected chi connectivity index (χ3v) is 6.87. The van der Waals surface area contributed by atoms with Crippen molar-refractivity contribution in [1.82, 2.24) is 29.5 Å². The van der Waals surface area contributed by atoms with Crippen molar-refractivity contribution in [2.24, 2.45) is 7.05 Å². The number of pyridine rings is 1. The number of aliphatic hydroxyl groups is 1. The van der Waals surface area contributed by atoms with Crippen molar-refractivity contribution < 1.29 is 42.7 Å². The first-order valence-electron chi connectivity index (χ1n) is 16.0. The van der Waals surface area contributed by atoms with Crippen molar-refractivity contribution in [3.05, 3.63) is 60.8 Å². The summed E-state index contributed by atoms with van der Waals surface area (Å²) in [6.07, 6.45) is 5.28. The fourth-order valence-corrected chi connectivity index (χ4v) is 4.53. The van der Waals surface area contributed by atoms with Crippen molar-refractivity contribution in [3.63, 3.8) is 0 Å². The van der Waals surface area contributed by atoms with Crippen LogP contribution in [0.15, 0.2) is 55.0 Å². The summed E-state index contributed by atoms with van der Waals surface area (Å²) in [4.78, 5) is 9.01. The van der Waals surface area contributed by atoms with Crippen LogP contribution < -0.4 is 0 Å². The van der Waals surface area contributed by atoms with E-state index in [2.05, 4.69) is 15.3 Å². The van der Waals surface area contributed by atoms with Crippen LogP contribution in [0.4, 0.5) is 4.39 Å². The molecule has 0 unspecified atom stereocenters. The maximum atomic E-state index is 13.6. The number of nitrogens with zero attached hydrogens (tertiary/aromatic N) is 6. The molecule has 1 N–H and O–H groups in total. The van der Waals surface area contributed by atoms with E-state index in [4.69, 9.17) is 43.2 Å². The lowest BCUT2D eigenvalue weighted by atomic mass is 10.1. The van der Waals surface area contributed by atoms with E-state index < -0.39 is 0 Å². The van der Waals surface area contributed by atoms with E-state index in [0.717, 1.165) is 16.8 Å². The maximum absolute atomic E-state index is 13.6. The molecule has 48 heavy (non-hydrogen) atoms. The molecule has 0 bridgehead atoms. The van der Waals surface area contributed by atoms with Gasteiger partial charge in [-0.3, -0.25) is 4.98 Å². The summed E-state index contributed by atoms with van der Waals surface area (Å²) in [6.45, 7) is 7.01. The topological polar surface area (TPSA) is 146 Å². The molecule has 4 rings (SSSR count). The molecule has 0 aliphatic carbocycles. The van der Waals surface area contributed by atoms with Gasteiger partial charge in [-0.1, -0.05) is 5.21 Å². The molecule has 3 heterocycles. The Bertz CT molecular complexity index is 1420. The molecule has 4 aromatic rings. The minimum absolute atomic E-state index is 0.0172. The van der Waals surface area contributed by atoms with E-state index in [1.54, 1.807) is 29.2 Å². The van der Waals surface area contributed by atoms with E-state index in [1.807, 2.05) is 29.9 Å². The molecule has 0 amide bonds. The zero-order valence-corrected chi connectivity index (χ0v) is 27.4. The molecule has 0 radical (unpaired) electrons. The quantitative estimate of drug-likeness (QED) is 0.0979. The van der Waals surface area contributed by atoms with E-state index in [-0.39, 0.29) is 12.4 Å². The fourth-order valence-electron chi connectivity index (χ4n) is 4.53. The number of hydrogen-bond donors (Lipinski definition) is 1. The number of hydrogen-bond acceptors (Lipinski definition) is 12. The molecule has 14 nitrogen and oxygen atoms in total. The zero-order chi connectivity index (χ0) is 33.7. The van der Waals surface area contributed by atoms with Gasteiger partial charge in [0.15, 0.2) is 5.82 Å². The highest BCUT2D eigenvalue weighted by Crippen LogP contribution is 2.34. The number of ether oxygens (including phenoxy) is 7. The third kappa shape index (κ3) is 12.7. The van der Waals surface area contributed by atoms with Crippen LogP contribution in [0, 0.1) is 5.82 Å². The first-order valence-corrected chi connectivity index (χ1v) is 16.0. The summed E-state index contributed by atoms with van der Waals surface area (Å²) in [5, 5.41) is 17.2. The Labute approximate surface area is 279 Å². The Hall–Kier alpha value is -3.67. The number of rotatable bonds is 26. The molecule has 0 spiro atoms. The van der Waals surface area contributed by atoms with Gasteiger partial charge in [0.25, 0.3) is 0 Å². The maximum Gasteiger partial charge on any atom is 0.163 e. The highest BCUT2D eigenvalue weighted by Gasteiger charge is 2.21. The van der Waals surface area contributed by atoms with Crippen LogP contribution in [0.1, 0.15) is 0 Å². The lowest BCUT2D eigenvalue weighted by Gasteiger charge is -2.08. The van der Waals surface area contributed by atoms with E-state index in [1.165, 1.54) is 12.1 Å². The van der Waals surface area contributed by atoms with Crippen molar-refractivity contribution in [3.8, 4) is 34.0 Å². The summed E-state index contributed by atoms with van der Waals surface area (Å²) in [5.74, 6) is 0.333. The second kappa shape index (κ2) is 22.1. The molecule has 262 valence electrons. The molecule has 0 saturated heterocycles. The van der Waals surface area contributed by atoms with Gasteiger partial charge >= 0.3 is 0 Å². The normalized spacial score (nSPS) is 11.5. The first-order chi connectivity index (χ1) is 23.7. The Balaban J connectivity index is 1.04. The number of imidazole rings is 1. The predicted molar refractivity (Wildman–Crippen MR) is 174 cm³/mol. The van der Waals surface area contributed by atoms with Gasteiger partial charge in [0.05, 0.1) is 123 Å². The van der Waals surface area contributed by atoms with Gasteiger partial charge < -0.3 is 42.8 Å². The Kier molecular flexibility index (Phi) is 17.1. The Morgan fingerprint density at radius 2 is 1.15 bits per heavy atom. The molecule has 3 aromatic heterocycles. The van der Waals surface area contributed by atoms with Crippen molar-refractivity contribution in [2.45, 2.75) is 6.54 Å². The Morgan fingerprint density at radius 1 is 0.646 bits per heavy atom. The zero-order valence-electron chi connectivity index (χ0n) is 27.4. The Morgan fingerprint density at radius 3 is 1.67 bits per heavy atom. The molecule has 0 aliphatic heterocycles. The SMILES string of the molecule is Cn1c(-c2cn(CCOCCOCCOCCOCCOCCOCCOCCO)nn2)nc(-c2ccc(F)cc2)c1-c1ccncc1. The van der Waals surface area contributed by atoms with Crippen LogP contribution in [0.5, 0.6) is 0 Å². The van der Waals surface area contributed by atoms with Crippen LogP contribution in [-0.2, 0) is 46.8 Å². The molecular weight excluding hydrogens is 627 g/mol. The van der Waals surface area contributed by atoms with E-state index in [0.29, 0.717) is 116 Å². The highest BCUT2D eigenvalue weighted by molar-refractivity contribution is 5.81. The highest BCUT2D eigenvalue weighted by atomic mass is 19.1. The molecule has 0 saturated carbocycles. The van der Waals surface area contributed by atoms with Crippen LogP contribution >= 0.6 is 0 Å². The molecular formula is C33H45FN6O8. The number of benzene rings is 1. The standard InChI is InChI=1S/C33H45FN6O8/c1-39-32(28-6-8-35-9-7-28)31(27-2-4-29(34)5-3-27)36-33(39)30-26-40(38-37-30)10-12-42-14-16-44-18-20-46-22-24-48-25-23-47-21-19-45-17-15-43-13-11-41/h2-9,26,41H,10-25H2,1H3. The predicted octanol–water partition coefficient (Wildman–Crippen LogP) is 2.66. The molecule has 0 fully saturated rings. The number of aromatic nitrogens is 6. The monoisotopic (exact) mass is 672 g/mol. The summed E-state index contributed by atoms with van der Waals surface area (Å²) in [7, 11) is 1.92. The van der Waals surface area contributed by atoms with Crippen LogP contribution in [0.25, 0.3) is 34.0 Å². The van der Waals surface area contributed by atoms with Gasteiger partial charge in [-0.2, -0.15) is 0 Å². The smallest absolute Gasteiger partial charge is 0.163 e. The van der Waals surface area contributed by atoms with Gasteiger partial charge in [-0.05, 0) is 36.4 Å². The third-order valence-electron chi connectivity index (χ3n) is 6.87. The average molecular weight is 673 g/mol. The lowest BCUT2D eigenvalue weighted by Crippen LogP contribution is -2.15. The van der Waals surface area contributed by atoms with Crippen molar-refractivity contribution >= 4 is 0 Å². The van der Waals surface area contributed by atoms with Gasteiger partial charge in [0, 0.05) is 30.6 Å². The minimum atomic E-state index is -0.306. The second-order valence-corrected chi connectivity index (χ2v) is 10.3. The largest absolute Gasteiger partial charge is 0.394 e.